The number of esters is 3. The molecule has 0 aliphatic rings. The Bertz CT molecular complexity index is 1110. The fourth-order valence-electron chi connectivity index (χ4n) is 10.7. The third-order valence-corrected chi connectivity index (χ3v) is 15.9. The van der Waals surface area contributed by atoms with Crippen LogP contribution in [0.15, 0.2) is 0 Å². The molecule has 6 nitrogen and oxygen atoms in total. The molecule has 0 fully saturated rings. The summed E-state index contributed by atoms with van der Waals surface area (Å²) in [5.74, 6) is -0.831. The molecule has 0 saturated carbocycles. The Morgan fingerprint density at radius 1 is 0.216 bits per heavy atom. The lowest BCUT2D eigenvalue weighted by Crippen LogP contribution is -2.30. The van der Waals surface area contributed by atoms with Gasteiger partial charge in [-0.25, -0.2) is 0 Å². The molecule has 1 atom stereocenters. The smallest absolute Gasteiger partial charge is 0.306 e. The molecule has 74 heavy (non-hydrogen) atoms. The highest BCUT2D eigenvalue weighted by Gasteiger charge is 2.19. The van der Waals surface area contributed by atoms with Crippen molar-refractivity contribution >= 4 is 17.9 Å². The first-order valence-electron chi connectivity index (χ1n) is 34.0. The van der Waals surface area contributed by atoms with Crippen LogP contribution in [0.4, 0.5) is 0 Å². The van der Waals surface area contributed by atoms with Gasteiger partial charge in [-0.3, -0.25) is 14.4 Å². The second-order valence-electron chi connectivity index (χ2n) is 23.5. The quantitative estimate of drug-likeness (QED) is 0.0343. The molecule has 1 unspecified atom stereocenters. The molecule has 6 heteroatoms. The number of rotatable bonds is 64. The molecule has 440 valence electrons. The summed E-state index contributed by atoms with van der Waals surface area (Å²) >= 11 is 0. The second-order valence-corrected chi connectivity index (χ2v) is 23.5. The summed E-state index contributed by atoms with van der Waals surface area (Å²) < 4.78 is 16.9. The summed E-state index contributed by atoms with van der Waals surface area (Å²) in [6.07, 6.45) is 74.4. The number of unbranched alkanes of at least 4 members (excludes halogenated alkanes) is 53. The van der Waals surface area contributed by atoms with E-state index in [9.17, 15) is 14.4 Å². The van der Waals surface area contributed by atoms with Gasteiger partial charge in [0.1, 0.15) is 13.2 Å². The fraction of sp³-hybridized carbons (Fsp3) is 0.956. The number of ether oxygens (including phenoxy) is 3. The van der Waals surface area contributed by atoms with Crippen molar-refractivity contribution < 1.29 is 28.6 Å². The van der Waals surface area contributed by atoms with Crippen LogP contribution in [0.25, 0.3) is 0 Å². The molecular weight excluding hydrogens is 913 g/mol. The highest BCUT2D eigenvalue weighted by atomic mass is 16.6. The zero-order valence-corrected chi connectivity index (χ0v) is 50.7. The van der Waals surface area contributed by atoms with Gasteiger partial charge in [0.25, 0.3) is 0 Å². The maximum Gasteiger partial charge on any atom is 0.306 e. The van der Waals surface area contributed by atoms with Gasteiger partial charge in [-0.1, -0.05) is 361 Å². The minimum Gasteiger partial charge on any atom is -0.462 e. The molecule has 0 spiro atoms. The largest absolute Gasteiger partial charge is 0.462 e. The number of carbonyl (C=O) groups excluding carboxylic acids is 3. The Labute approximate surface area is 463 Å². The van der Waals surface area contributed by atoms with E-state index in [0.29, 0.717) is 19.3 Å². The lowest BCUT2D eigenvalue weighted by Gasteiger charge is -2.18. The molecule has 0 aromatic heterocycles. The summed E-state index contributed by atoms with van der Waals surface area (Å²) in [6.45, 7) is 6.70. The highest BCUT2D eigenvalue weighted by Crippen LogP contribution is 2.19. The fourth-order valence-corrected chi connectivity index (χ4v) is 10.7. The van der Waals surface area contributed by atoms with Gasteiger partial charge in [0, 0.05) is 19.3 Å². The van der Waals surface area contributed by atoms with Crippen LogP contribution in [-0.4, -0.2) is 37.2 Å². The van der Waals surface area contributed by atoms with Gasteiger partial charge >= 0.3 is 17.9 Å². The number of hydrogen-bond donors (Lipinski definition) is 0. The van der Waals surface area contributed by atoms with E-state index < -0.39 is 6.10 Å². The minimum absolute atomic E-state index is 0.0611. The summed E-state index contributed by atoms with van der Waals surface area (Å²) in [6, 6.07) is 0. The highest BCUT2D eigenvalue weighted by molar-refractivity contribution is 5.71. The Balaban J connectivity index is 4.04. The monoisotopic (exact) mass is 1050 g/mol. The molecule has 0 N–H and O–H groups in total. The van der Waals surface area contributed by atoms with Gasteiger partial charge in [-0.2, -0.15) is 0 Å². The molecule has 0 heterocycles. The first-order chi connectivity index (χ1) is 36.5. The predicted molar refractivity (Wildman–Crippen MR) is 321 cm³/mol. The average Bonchev–Trinajstić information content (AvgIpc) is 3.40. The SMILES string of the molecule is CCCCCCCCCCCCCCCCCCCCCCCCCCCCCC(=O)OCC(COC(=O)CCCCCCCCCC)OC(=O)CCCCCCCCCCCCCCCCCCCCCCC. The van der Waals surface area contributed by atoms with E-state index >= 15 is 0 Å². The topological polar surface area (TPSA) is 78.9 Å². The zero-order chi connectivity index (χ0) is 53.6. The van der Waals surface area contributed by atoms with E-state index in [4.69, 9.17) is 14.2 Å². The lowest BCUT2D eigenvalue weighted by molar-refractivity contribution is -0.167. The Hall–Kier alpha value is -1.59. The first-order valence-corrected chi connectivity index (χ1v) is 34.0. The van der Waals surface area contributed by atoms with Crippen LogP contribution in [0.3, 0.4) is 0 Å². The molecule has 0 aliphatic carbocycles. The molecule has 0 saturated heterocycles. The van der Waals surface area contributed by atoms with Crippen LogP contribution in [-0.2, 0) is 28.6 Å². The number of hydrogen-bond acceptors (Lipinski definition) is 6. The normalized spacial score (nSPS) is 11.9. The Morgan fingerprint density at radius 3 is 0.541 bits per heavy atom. The second kappa shape index (κ2) is 63.9. The van der Waals surface area contributed by atoms with E-state index in [1.807, 2.05) is 0 Å². The standard InChI is InChI=1S/C68H132O6/c1-4-7-10-13-16-19-21-23-25-27-29-31-32-33-34-35-36-38-39-41-43-45-47-49-52-55-58-61-67(70)73-64-65(63-72-66(69)60-57-54-51-18-15-12-9-6-3)74-68(71)62-59-56-53-50-48-46-44-42-40-37-30-28-26-24-22-20-17-14-11-8-5-2/h65H,4-64H2,1-3H3. The van der Waals surface area contributed by atoms with Crippen LogP contribution in [0.5, 0.6) is 0 Å². The van der Waals surface area contributed by atoms with E-state index in [0.717, 1.165) is 57.8 Å². The Kier molecular flexibility index (Phi) is 62.6. The average molecular weight is 1050 g/mol. The molecule has 0 aliphatic heterocycles. The van der Waals surface area contributed by atoms with Crippen molar-refractivity contribution in [2.75, 3.05) is 13.2 Å². The zero-order valence-electron chi connectivity index (χ0n) is 50.7. The van der Waals surface area contributed by atoms with Gasteiger partial charge in [0.15, 0.2) is 6.10 Å². The molecule has 0 aromatic rings. The van der Waals surface area contributed by atoms with Crippen molar-refractivity contribution in [3.63, 3.8) is 0 Å². The van der Waals surface area contributed by atoms with E-state index in [2.05, 4.69) is 20.8 Å². The van der Waals surface area contributed by atoms with Gasteiger partial charge < -0.3 is 14.2 Å². The van der Waals surface area contributed by atoms with Gasteiger partial charge in [-0.05, 0) is 19.3 Å². The van der Waals surface area contributed by atoms with Crippen molar-refractivity contribution in [2.24, 2.45) is 0 Å². The Morgan fingerprint density at radius 2 is 0.365 bits per heavy atom. The van der Waals surface area contributed by atoms with Crippen molar-refractivity contribution in [1.82, 2.24) is 0 Å². The molecule has 0 amide bonds. The third kappa shape index (κ3) is 61.3. The summed E-state index contributed by atoms with van der Waals surface area (Å²) in [5, 5.41) is 0. The van der Waals surface area contributed by atoms with Crippen molar-refractivity contribution in [1.29, 1.82) is 0 Å². The van der Waals surface area contributed by atoms with E-state index in [1.54, 1.807) is 0 Å². The summed E-state index contributed by atoms with van der Waals surface area (Å²) in [4.78, 5) is 38.2. The van der Waals surface area contributed by atoms with Crippen LogP contribution in [0.1, 0.15) is 400 Å². The van der Waals surface area contributed by atoms with Crippen molar-refractivity contribution in [2.45, 2.75) is 406 Å². The maximum atomic E-state index is 12.9. The van der Waals surface area contributed by atoms with E-state index in [-0.39, 0.29) is 31.1 Å². The van der Waals surface area contributed by atoms with Crippen LogP contribution >= 0.6 is 0 Å². The summed E-state index contributed by atoms with van der Waals surface area (Å²) in [5.41, 5.74) is 0. The van der Waals surface area contributed by atoms with Crippen molar-refractivity contribution in [3.8, 4) is 0 Å². The lowest BCUT2D eigenvalue weighted by atomic mass is 10.0. The van der Waals surface area contributed by atoms with Gasteiger partial charge in [0.2, 0.25) is 0 Å². The first kappa shape index (κ1) is 72.4. The summed E-state index contributed by atoms with van der Waals surface area (Å²) in [7, 11) is 0. The number of carbonyl (C=O) groups is 3. The van der Waals surface area contributed by atoms with Crippen molar-refractivity contribution in [3.05, 3.63) is 0 Å². The van der Waals surface area contributed by atoms with E-state index in [1.165, 1.54) is 302 Å². The molecule has 0 aromatic carbocycles. The predicted octanol–water partition coefficient (Wildman–Crippen LogP) is 23.1. The molecule has 0 rings (SSSR count). The molecule has 0 bridgehead atoms. The minimum atomic E-state index is -0.761. The third-order valence-electron chi connectivity index (χ3n) is 15.9. The van der Waals surface area contributed by atoms with Crippen LogP contribution in [0.2, 0.25) is 0 Å². The molecule has 0 radical (unpaired) electrons. The van der Waals surface area contributed by atoms with Crippen LogP contribution in [0, 0.1) is 0 Å². The maximum absolute atomic E-state index is 12.9. The molecular formula is C68H132O6. The van der Waals surface area contributed by atoms with Gasteiger partial charge in [0.05, 0.1) is 0 Å². The van der Waals surface area contributed by atoms with Gasteiger partial charge in [-0.15, -0.1) is 0 Å². The van der Waals surface area contributed by atoms with Crippen LogP contribution < -0.4 is 0 Å².